The van der Waals surface area contributed by atoms with Crippen LogP contribution in [0.3, 0.4) is 0 Å². The van der Waals surface area contributed by atoms with E-state index in [0.29, 0.717) is 0 Å². The Morgan fingerprint density at radius 3 is 1.90 bits per heavy atom. The van der Waals surface area contributed by atoms with Crippen LogP contribution in [-0.2, 0) is 0 Å². The van der Waals surface area contributed by atoms with Crippen LogP contribution >= 0.6 is 15.9 Å². The SMILES string of the molecule is OC1(C(F)(F)F)CC(Br)C1. The minimum Gasteiger partial charge on any atom is -0.380 e. The second-order valence-electron chi connectivity index (χ2n) is 2.53. The van der Waals surface area contributed by atoms with Crippen molar-refractivity contribution in [3.63, 3.8) is 0 Å². The smallest absolute Gasteiger partial charge is 0.380 e. The minimum atomic E-state index is -4.46. The lowest BCUT2D eigenvalue weighted by atomic mass is 9.80. The van der Waals surface area contributed by atoms with Crippen molar-refractivity contribution < 1.29 is 18.3 Å². The number of alkyl halides is 4. The molecular weight excluding hydrogens is 213 g/mol. The van der Waals surface area contributed by atoms with Crippen LogP contribution in [0.5, 0.6) is 0 Å². The fourth-order valence-electron chi connectivity index (χ4n) is 0.904. The lowest BCUT2D eigenvalue weighted by Gasteiger charge is -2.41. The summed E-state index contributed by atoms with van der Waals surface area (Å²) in [4.78, 5) is -0.181. The summed E-state index contributed by atoms with van der Waals surface area (Å²) in [6.45, 7) is 0. The van der Waals surface area contributed by atoms with Crippen molar-refractivity contribution in [1.29, 1.82) is 0 Å². The summed E-state index contributed by atoms with van der Waals surface area (Å²) in [5.41, 5.74) is -2.42. The van der Waals surface area contributed by atoms with Gasteiger partial charge in [0.1, 0.15) is 0 Å². The zero-order chi connectivity index (χ0) is 7.99. The van der Waals surface area contributed by atoms with Crippen molar-refractivity contribution in [2.75, 3.05) is 0 Å². The maximum atomic E-state index is 11.8. The van der Waals surface area contributed by atoms with E-state index < -0.39 is 11.8 Å². The molecular formula is C5H6BrF3O. The highest BCUT2D eigenvalue weighted by Gasteiger charge is 2.60. The Morgan fingerprint density at radius 1 is 1.40 bits per heavy atom. The molecule has 1 N–H and O–H groups in total. The van der Waals surface area contributed by atoms with Gasteiger partial charge in [-0.05, 0) is 12.8 Å². The lowest BCUT2D eigenvalue weighted by molar-refractivity contribution is -0.283. The van der Waals surface area contributed by atoms with E-state index in [1.54, 1.807) is 0 Å². The first-order valence-electron chi connectivity index (χ1n) is 2.78. The summed E-state index contributed by atoms with van der Waals surface area (Å²) in [6, 6.07) is 0. The fraction of sp³-hybridized carbons (Fsp3) is 1.00. The van der Waals surface area contributed by atoms with E-state index in [4.69, 9.17) is 5.11 Å². The quantitative estimate of drug-likeness (QED) is 0.616. The maximum absolute atomic E-state index is 11.8. The normalized spacial score (nSPS) is 41.1. The van der Waals surface area contributed by atoms with Crippen LogP contribution in [0.2, 0.25) is 0 Å². The van der Waals surface area contributed by atoms with Crippen LogP contribution in [0.15, 0.2) is 0 Å². The van der Waals surface area contributed by atoms with Crippen molar-refractivity contribution in [3.05, 3.63) is 0 Å². The Kier molecular flexibility index (Phi) is 1.75. The van der Waals surface area contributed by atoms with Crippen LogP contribution in [-0.4, -0.2) is 21.7 Å². The molecule has 0 spiro atoms. The molecule has 0 aromatic carbocycles. The molecule has 1 aliphatic rings. The molecule has 1 rings (SSSR count). The van der Waals surface area contributed by atoms with Gasteiger partial charge in [-0.2, -0.15) is 13.2 Å². The topological polar surface area (TPSA) is 20.2 Å². The van der Waals surface area contributed by atoms with Gasteiger partial charge in [-0.25, -0.2) is 0 Å². The van der Waals surface area contributed by atoms with Crippen LogP contribution in [0.1, 0.15) is 12.8 Å². The lowest BCUT2D eigenvalue weighted by Crippen LogP contribution is -2.55. The first kappa shape index (κ1) is 8.33. The minimum absolute atomic E-state index is 0.181. The average Bonchev–Trinajstić information content (AvgIpc) is 1.58. The third kappa shape index (κ3) is 1.16. The molecule has 0 atom stereocenters. The fourth-order valence-corrected chi connectivity index (χ4v) is 1.98. The molecule has 0 aromatic heterocycles. The number of aliphatic hydroxyl groups is 1. The molecule has 1 nitrogen and oxygen atoms in total. The molecule has 5 heteroatoms. The first-order chi connectivity index (χ1) is 4.35. The third-order valence-electron chi connectivity index (χ3n) is 1.65. The van der Waals surface area contributed by atoms with Gasteiger partial charge in [-0.1, -0.05) is 15.9 Å². The van der Waals surface area contributed by atoms with Crippen molar-refractivity contribution >= 4 is 15.9 Å². The highest BCUT2D eigenvalue weighted by Crippen LogP contribution is 2.47. The van der Waals surface area contributed by atoms with Gasteiger partial charge in [0.05, 0.1) is 0 Å². The molecule has 10 heavy (non-hydrogen) atoms. The summed E-state index contributed by atoms with van der Waals surface area (Å²) in [6.07, 6.45) is -4.91. The summed E-state index contributed by atoms with van der Waals surface area (Å²) < 4.78 is 35.4. The Morgan fingerprint density at radius 2 is 1.80 bits per heavy atom. The highest BCUT2D eigenvalue weighted by molar-refractivity contribution is 9.09. The molecule has 0 saturated heterocycles. The van der Waals surface area contributed by atoms with Crippen molar-refractivity contribution in [2.45, 2.75) is 29.4 Å². The largest absolute Gasteiger partial charge is 0.417 e. The van der Waals surface area contributed by atoms with E-state index in [1.807, 2.05) is 0 Å². The molecule has 0 aliphatic heterocycles. The van der Waals surface area contributed by atoms with Crippen molar-refractivity contribution in [3.8, 4) is 0 Å². The zero-order valence-electron chi connectivity index (χ0n) is 4.95. The molecule has 0 unspecified atom stereocenters. The number of hydrogen-bond donors (Lipinski definition) is 1. The Labute approximate surface area is 64.4 Å². The maximum Gasteiger partial charge on any atom is 0.417 e. The second kappa shape index (κ2) is 2.11. The summed E-state index contributed by atoms with van der Waals surface area (Å²) in [5.74, 6) is 0. The van der Waals surface area contributed by atoms with Gasteiger partial charge in [0.2, 0.25) is 0 Å². The van der Waals surface area contributed by atoms with E-state index in [-0.39, 0.29) is 17.7 Å². The number of rotatable bonds is 0. The van der Waals surface area contributed by atoms with Crippen LogP contribution < -0.4 is 0 Å². The molecule has 0 aromatic rings. The van der Waals surface area contributed by atoms with Gasteiger partial charge < -0.3 is 5.11 Å². The summed E-state index contributed by atoms with van der Waals surface area (Å²) in [7, 11) is 0. The van der Waals surface area contributed by atoms with Crippen molar-refractivity contribution in [1.82, 2.24) is 0 Å². The summed E-state index contributed by atoms with van der Waals surface area (Å²) in [5, 5.41) is 8.76. The monoisotopic (exact) mass is 218 g/mol. The zero-order valence-corrected chi connectivity index (χ0v) is 6.54. The molecule has 0 heterocycles. The van der Waals surface area contributed by atoms with E-state index >= 15 is 0 Å². The van der Waals surface area contributed by atoms with E-state index in [0.717, 1.165) is 0 Å². The van der Waals surface area contributed by atoms with Gasteiger partial charge in [-0.3, -0.25) is 0 Å². The second-order valence-corrected chi connectivity index (χ2v) is 3.83. The predicted octanol–water partition coefficient (Wildman–Crippen LogP) is 1.84. The van der Waals surface area contributed by atoms with E-state index in [2.05, 4.69) is 15.9 Å². The third-order valence-corrected chi connectivity index (χ3v) is 2.29. The molecule has 1 aliphatic carbocycles. The predicted molar refractivity (Wildman–Crippen MR) is 33.0 cm³/mol. The standard InChI is InChI=1S/C5H6BrF3O/c6-3-1-4(10,2-3)5(7,8)9/h3,10H,1-2H2. The van der Waals surface area contributed by atoms with Crippen LogP contribution in [0.4, 0.5) is 13.2 Å². The van der Waals surface area contributed by atoms with Crippen LogP contribution in [0, 0.1) is 0 Å². The molecule has 0 amide bonds. The van der Waals surface area contributed by atoms with Gasteiger partial charge in [0.25, 0.3) is 0 Å². The molecule has 0 radical (unpaired) electrons. The molecule has 0 bridgehead atoms. The van der Waals surface area contributed by atoms with Crippen LogP contribution in [0.25, 0.3) is 0 Å². The average molecular weight is 219 g/mol. The first-order valence-corrected chi connectivity index (χ1v) is 3.70. The van der Waals surface area contributed by atoms with Gasteiger partial charge in [0, 0.05) is 4.83 Å². The van der Waals surface area contributed by atoms with Crippen molar-refractivity contribution in [2.24, 2.45) is 0 Å². The Hall–Kier alpha value is 0.230. The number of hydrogen-bond acceptors (Lipinski definition) is 1. The summed E-state index contributed by atoms with van der Waals surface area (Å²) >= 11 is 2.97. The van der Waals surface area contributed by atoms with E-state index in [1.165, 1.54) is 0 Å². The Bertz CT molecular complexity index is 138. The number of halogens is 4. The van der Waals surface area contributed by atoms with E-state index in [9.17, 15) is 13.2 Å². The molecule has 1 saturated carbocycles. The van der Waals surface area contributed by atoms with Gasteiger partial charge in [0.15, 0.2) is 5.60 Å². The highest BCUT2D eigenvalue weighted by atomic mass is 79.9. The van der Waals surface area contributed by atoms with Gasteiger partial charge in [-0.15, -0.1) is 0 Å². The molecule has 60 valence electrons. The van der Waals surface area contributed by atoms with Gasteiger partial charge >= 0.3 is 6.18 Å². The molecule has 1 fully saturated rings. The Balaban J connectivity index is 2.57.